The van der Waals surface area contributed by atoms with Gasteiger partial charge in [0.15, 0.2) is 6.61 Å². The number of hydrogen-bond acceptors (Lipinski definition) is 3. The number of halogens is 1. The van der Waals surface area contributed by atoms with Crippen LogP contribution >= 0.6 is 15.9 Å². The average Bonchev–Trinajstić information content (AvgIpc) is 2.82. The van der Waals surface area contributed by atoms with Crippen LogP contribution in [0.15, 0.2) is 53.0 Å². The summed E-state index contributed by atoms with van der Waals surface area (Å²) in [6.45, 7) is 6.31. The van der Waals surface area contributed by atoms with Gasteiger partial charge in [0.05, 0.1) is 0 Å². The van der Waals surface area contributed by atoms with Crippen molar-refractivity contribution in [1.29, 1.82) is 0 Å². The molecule has 0 aliphatic heterocycles. The van der Waals surface area contributed by atoms with Gasteiger partial charge in [-0.1, -0.05) is 73.3 Å². The van der Waals surface area contributed by atoms with E-state index in [0.717, 1.165) is 35.7 Å². The first-order valence-corrected chi connectivity index (χ1v) is 12.7. The van der Waals surface area contributed by atoms with Gasteiger partial charge < -0.3 is 15.0 Å². The van der Waals surface area contributed by atoms with Gasteiger partial charge >= 0.3 is 0 Å². The highest BCUT2D eigenvalue weighted by molar-refractivity contribution is 9.10. The quantitative estimate of drug-likeness (QED) is 0.458. The smallest absolute Gasteiger partial charge is 0.261 e. The number of benzene rings is 2. The summed E-state index contributed by atoms with van der Waals surface area (Å²) in [7, 11) is 0. The first kappa shape index (κ1) is 25.3. The van der Waals surface area contributed by atoms with Crippen LogP contribution in [0, 0.1) is 0 Å². The lowest BCUT2D eigenvalue weighted by molar-refractivity contribution is -0.142. The molecule has 0 saturated heterocycles. The van der Waals surface area contributed by atoms with E-state index in [-0.39, 0.29) is 24.5 Å². The molecule has 1 fully saturated rings. The highest BCUT2D eigenvalue weighted by atomic mass is 79.9. The summed E-state index contributed by atoms with van der Waals surface area (Å²) >= 11 is 3.45. The van der Waals surface area contributed by atoms with Crippen LogP contribution in [-0.4, -0.2) is 35.4 Å². The summed E-state index contributed by atoms with van der Waals surface area (Å²) in [4.78, 5) is 27.9. The summed E-state index contributed by atoms with van der Waals surface area (Å²) < 4.78 is 6.76. The van der Waals surface area contributed by atoms with E-state index in [1.165, 1.54) is 12.0 Å². The van der Waals surface area contributed by atoms with E-state index in [1.807, 2.05) is 48.5 Å². The normalized spacial score (nSPS) is 15.2. The number of hydrogen-bond donors (Lipinski definition) is 1. The van der Waals surface area contributed by atoms with Crippen LogP contribution in [0.1, 0.15) is 69.9 Å². The largest absolute Gasteiger partial charge is 0.484 e. The van der Waals surface area contributed by atoms with Gasteiger partial charge in [0.25, 0.3) is 5.91 Å². The Kier molecular flexibility index (Phi) is 9.36. The second kappa shape index (κ2) is 12.2. The van der Waals surface area contributed by atoms with Crippen LogP contribution in [0.5, 0.6) is 5.75 Å². The molecular formula is C27H35BrN2O3. The van der Waals surface area contributed by atoms with Gasteiger partial charge in [0, 0.05) is 17.1 Å². The summed E-state index contributed by atoms with van der Waals surface area (Å²) in [5.41, 5.74) is 2.18. The topological polar surface area (TPSA) is 58.6 Å². The van der Waals surface area contributed by atoms with E-state index in [4.69, 9.17) is 4.74 Å². The zero-order valence-electron chi connectivity index (χ0n) is 19.9. The summed E-state index contributed by atoms with van der Waals surface area (Å²) in [5, 5.41) is 3.16. The maximum absolute atomic E-state index is 13.2. The first-order chi connectivity index (χ1) is 15.8. The zero-order valence-corrected chi connectivity index (χ0v) is 21.4. The van der Waals surface area contributed by atoms with Gasteiger partial charge in [-0.3, -0.25) is 9.59 Å². The van der Waals surface area contributed by atoms with E-state index in [2.05, 4.69) is 35.1 Å². The minimum absolute atomic E-state index is 0.103. The number of carbonyl (C=O) groups is 2. The summed E-state index contributed by atoms with van der Waals surface area (Å²) in [5.74, 6) is 0.770. The number of nitrogens with zero attached hydrogens (tertiary/aromatic N) is 1. The second-order valence-corrected chi connectivity index (χ2v) is 10.1. The predicted octanol–water partition coefficient (Wildman–Crippen LogP) is 5.82. The molecule has 3 rings (SSSR count). The molecule has 2 aromatic carbocycles. The van der Waals surface area contributed by atoms with Crippen molar-refractivity contribution in [3.8, 4) is 5.75 Å². The van der Waals surface area contributed by atoms with Crippen LogP contribution in [0.2, 0.25) is 0 Å². The molecule has 1 aliphatic carbocycles. The molecule has 1 aliphatic rings. The van der Waals surface area contributed by atoms with Crippen molar-refractivity contribution < 1.29 is 14.3 Å². The van der Waals surface area contributed by atoms with Crippen LogP contribution in [-0.2, 0) is 16.1 Å². The Hall–Kier alpha value is -2.34. The predicted molar refractivity (Wildman–Crippen MR) is 135 cm³/mol. The van der Waals surface area contributed by atoms with Gasteiger partial charge in [-0.15, -0.1) is 0 Å². The summed E-state index contributed by atoms with van der Waals surface area (Å²) in [6.07, 6.45) is 5.53. The number of nitrogens with one attached hydrogen (secondary N) is 1. The Morgan fingerprint density at radius 2 is 1.64 bits per heavy atom. The first-order valence-electron chi connectivity index (χ1n) is 11.9. The number of rotatable bonds is 9. The molecule has 5 nitrogen and oxygen atoms in total. The standard InChI is InChI=1S/C27H35BrN2O3/c1-19(2)22-11-15-25(16-12-22)33-18-26(31)30(17-21-9-13-23(28)14-10-21)20(3)27(32)29-24-7-5-4-6-8-24/h9-16,19-20,24H,4-8,17-18H2,1-3H3,(H,29,32). The van der Waals surface area contributed by atoms with E-state index >= 15 is 0 Å². The Morgan fingerprint density at radius 1 is 1.00 bits per heavy atom. The monoisotopic (exact) mass is 514 g/mol. The molecule has 0 heterocycles. The fourth-order valence-electron chi connectivity index (χ4n) is 4.11. The van der Waals surface area contributed by atoms with Crippen molar-refractivity contribution in [2.75, 3.05) is 6.61 Å². The van der Waals surface area contributed by atoms with Gasteiger partial charge in [0.1, 0.15) is 11.8 Å². The zero-order chi connectivity index (χ0) is 23.8. The van der Waals surface area contributed by atoms with E-state index < -0.39 is 6.04 Å². The maximum atomic E-state index is 13.2. The number of carbonyl (C=O) groups excluding carboxylic acids is 2. The molecule has 0 radical (unpaired) electrons. The molecule has 178 valence electrons. The van der Waals surface area contributed by atoms with Crippen molar-refractivity contribution in [2.24, 2.45) is 0 Å². The molecule has 2 aromatic rings. The fraction of sp³-hybridized carbons (Fsp3) is 0.481. The van der Waals surface area contributed by atoms with Gasteiger partial charge in [0.2, 0.25) is 5.91 Å². The number of ether oxygens (including phenoxy) is 1. The second-order valence-electron chi connectivity index (χ2n) is 9.18. The SMILES string of the molecule is CC(C)c1ccc(OCC(=O)N(Cc2ccc(Br)cc2)C(C)C(=O)NC2CCCCC2)cc1. The summed E-state index contributed by atoms with van der Waals surface area (Å²) in [6, 6.07) is 15.2. The van der Waals surface area contributed by atoms with Crippen LogP contribution in [0.3, 0.4) is 0 Å². The highest BCUT2D eigenvalue weighted by Crippen LogP contribution is 2.20. The minimum Gasteiger partial charge on any atom is -0.484 e. The van der Waals surface area contributed by atoms with Crippen LogP contribution in [0.25, 0.3) is 0 Å². The lowest BCUT2D eigenvalue weighted by atomic mass is 9.95. The Morgan fingerprint density at radius 3 is 2.24 bits per heavy atom. The maximum Gasteiger partial charge on any atom is 0.261 e. The number of amides is 2. The van der Waals surface area contributed by atoms with Crippen molar-refractivity contribution in [2.45, 2.75) is 77.4 Å². The highest BCUT2D eigenvalue weighted by Gasteiger charge is 2.28. The molecule has 1 atom stereocenters. The average molecular weight is 515 g/mol. The Balaban J connectivity index is 1.68. The van der Waals surface area contributed by atoms with Gasteiger partial charge in [-0.25, -0.2) is 0 Å². The van der Waals surface area contributed by atoms with Crippen molar-refractivity contribution in [1.82, 2.24) is 10.2 Å². The fourth-order valence-corrected chi connectivity index (χ4v) is 4.38. The van der Waals surface area contributed by atoms with E-state index in [1.54, 1.807) is 11.8 Å². The molecule has 1 unspecified atom stereocenters. The third-order valence-corrected chi connectivity index (χ3v) is 6.82. The Bertz CT molecular complexity index is 906. The van der Waals surface area contributed by atoms with Crippen LogP contribution < -0.4 is 10.1 Å². The molecule has 0 aromatic heterocycles. The Labute approximate surface area is 206 Å². The molecule has 33 heavy (non-hydrogen) atoms. The third kappa shape index (κ3) is 7.60. The molecule has 2 amide bonds. The molecule has 0 bridgehead atoms. The van der Waals surface area contributed by atoms with Gasteiger partial charge in [-0.2, -0.15) is 0 Å². The molecule has 1 N–H and O–H groups in total. The van der Waals surface area contributed by atoms with Gasteiger partial charge in [-0.05, 0) is 61.1 Å². The lowest BCUT2D eigenvalue weighted by Crippen LogP contribution is -2.51. The molecule has 0 spiro atoms. The van der Waals surface area contributed by atoms with E-state index in [9.17, 15) is 9.59 Å². The third-order valence-electron chi connectivity index (χ3n) is 6.29. The molecular weight excluding hydrogens is 480 g/mol. The van der Waals surface area contributed by atoms with Crippen molar-refractivity contribution in [3.63, 3.8) is 0 Å². The lowest BCUT2D eigenvalue weighted by Gasteiger charge is -2.31. The molecule has 1 saturated carbocycles. The van der Waals surface area contributed by atoms with Crippen molar-refractivity contribution >= 4 is 27.7 Å². The van der Waals surface area contributed by atoms with E-state index in [0.29, 0.717) is 18.2 Å². The van der Waals surface area contributed by atoms with Crippen LogP contribution in [0.4, 0.5) is 0 Å². The minimum atomic E-state index is -0.588. The molecule has 6 heteroatoms. The van der Waals surface area contributed by atoms with Crippen molar-refractivity contribution in [3.05, 3.63) is 64.1 Å².